The number of hydrogen-bond acceptors (Lipinski definition) is 3. The van der Waals surface area contributed by atoms with Crippen molar-refractivity contribution in [1.82, 2.24) is 9.80 Å². The number of hydrogen-bond donors (Lipinski definition) is 0. The fourth-order valence-electron chi connectivity index (χ4n) is 3.64. The molecule has 0 unspecified atom stereocenters. The van der Waals surface area contributed by atoms with Gasteiger partial charge in [0.15, 0.2) is 0 Å². The van der Waals surface area contributed by atoms with Crippen LogP contribution in [-0.4, -0.2) is 60.2 Å². The standard InChI is InChI=1S/C20H27N3O3/c1-15(2)12-18(24)21-8-10-22(11-9-21)20(26)16-13-19(25)23(14-16)17-6-4-3-5-7-17/h3-7,15-16H,8-14H2,1-2H3/t16-/m0/s1. The van der Waals surface area contributed by atoms with E-state index in [0.717, 1.165) is 5.69 Å². The van der Waals surface area contributed by atoms with Crippen LogP contribution in [0.2, 0.25) is 0 Å². The maximum absolute atomic E-state index is 12.8. The van der Waals surface area contributed by atoms with Crippen molar-refractivity contribution in [2.45, 2.75) is 26.7 Å². The minimum absolute atomic E-state index is 0.000275. The van der Waals surface area contributed by atoms with Crippen LogP contribution in [-0.2, 0) is 14.4 Å². The van der Waals surface area contributed by atoms with Gasteiger partial charge in [0.2, 0.25) is 17.7 Å². The van der Waals surface area contributed by atoms with Crippen LogP contribution >= 0.6 is 0 Å². The number of piperazine rings is 1. The van der Waals surface area contributed by atoms with Crippen molar-refractivity contribution in [3.63, 3.8) is 0 Å². The molecule has 26 heavy (non-hydrogen) atoms. The molecule has 3 amide bonds. The molecule has 0 spiro atoms. The fraction of sp³-hybridized carbons (Fsp3) is 0.550. The summed E-state index contributed by atoms with van der Waals surface area (Å²) in [6.45, 7) is 6.78. The first-order valence-electron chi connectivity index (χ1n) is 9.37. The van der Waals surface area contributed by atoms with E-state index in [0.29, 0.717) is 45.1 Å². The Hall–Kier alpha value is -2.37. The maximum atomic E-state index is 12.8. The quantitative estimate of drug-likeness (QED) is 0.825. The zero-order valence-electron chi connectivity index (χ0n) is 15.6. The molecule has 2 fully saturated rings. The van der Waals surface area contributed by atoms with Gasteiger partial charge in [-0.2, -0.15) is 0 Å². The van der Waals surface area contributed by atoms with Crippen LogP contribution in [0.1, 0.15) is 26.7 Å². The molecule has 1 atom stereocenters. The van der Waals surface area contributed by atoms with Gasteiger partial charge in [-0.25, -0.2) is 0 Å². The highest BCUT2D eigenvalue weighted by molar-refractivity contribution is 6.00. The van der Waals surface area contributed by atoms with E-state index in [-0.39, 0.29) is 30.1 Å². The van der Waals surface area contributed by atoms with E-state index in [9.17, 15) is 14.4 Å². The van der Waals surface area contributed by atoms with Crippen LogP contribution in [0.25, 0.3) is 0 Å². The highest BCUT2D eigenvalue weighted by atomic mass is 16.2. The van der Waals surface area contributed by atoms with Gasteiger partial charge in [-0.05, 0) is 18.1 Å². The van der Waals surface area contributed by atoms with Crippen molar-refractivity contribution in [2.24, 2.45) is 11.8 Å². The molecule has 2 heterocycles. The van der Waals surface area contributed by atoms with Crippen LogP contribution in [0.4, 0.5) is 5.69 Å². The van der Waals surface area contributed by atoms with Crippen molar-refractivity contribution in [2.75, 3.05) is 37.6 Å². The summed E-state index contributed by atoms with van der Waals surface area (Å²) >= 11 is 0. The molecule has 0 aliphatic carbocycles. The van der Waals surface area contributed by atoms with Gasteiger partial charge in [0.1, 0.15) is 0 Å². The van der Waals surface area contributed by atoms with Gasteiger partial charge in [-0.15, -0.1) is 0 Å². The zero-order chi connectivity index (χ0) is 18.7. The predicted molar refractivity (Wildman–Crippen MR) is 99.5 cm³/mol. The van der Waals surface area contributed by atoms with Gasteiger partial charge in [0, 0.05) is 51.3 Å². The van der Waals surface area contributed by atoms with Gasteiger partial charge in [0.05, 0.1) is 5.92 Å². The second-order valence-corrected chi connectivity index (χ2v) is 7.54. The van der Waals surface area contributed by atoms with E-state index >= 15 is 0 Å². The smallest absolute Gasteiger partial charge is 0.228 e. The Balaban J connectivity index is 1.55. The lowest BCUT2D eigenvalue weighted by molar-refractivity contribution is -0.142. The number of para-hydroxylation sites is 1. The Morgan fingerprint density at radius 3 is 2.27 bits per heavy atom. The summed E-state index contributed by atoms with van der Waals surface area (Å²) in [7, 11) is 0. The molecule has 1 aromatic carbocycles. The summed E-state index contributed by atoms with van der Waals surface area (Å²) in [4.78, 5) is 42.7. The second-order valence-electron chi connectivity index (χ2n) is 7.54. The minimum Gasteiger partial charge on any atom is -0.339 e. The zero-order valence-corrected chi connectivity index (χ0v) is 15.6. The number of carbonyl (C=O) groups is 3. The monoisotopic (exact) mass is 357 g/mol. The predicted octanol–water partition coefficient (Wildman–Crippen LogP) is 1.76. The fourth-order valence-corrected chi connectivity index (χ4v) is 3.64. The van der Waals surface area contributed by atoms with Crippen molar-refractivity contribution in [1.29, 1.82) is 0 Å². The van der Waals surface area contributed by atoms with Crippen molar-refractivity contribution in [3.8, 4) is 0 Å². The van der Waals surface area contributed by atoms with E-state index in [1.165, 1.54) is 0 Å². The molecule has 2 saturated heterocycles. The number of carbonyl (C=O) groups excluding carboxylic acids is 3. The summed E-state index contributed by atoms with van der Waals surface area (Å²) < 4.78 is 0. The number of benzene rings is 1. The summed E-state index contributed by atoms with van der Waals surface area (Å²) in [5.41, 5.74) is 0.844. The van der Waals surface area contributed by atoms with Crippen LogP contribution in [0.5, 0.6) is 0 Å². The first-order chi connectivity index (χ1) is 12.5. The average molecular weight is 357 g/mol. The van der Waals surface area contributed by atoms with Gasteiger partial charge in [0.25, 0.3) is 0 Å². The summed E-state index contributed by atoms with van der Waals surface area (Å²) in [6, 6.07) is 9.48. The number of anilines is 1. The maximum Gasteiger partial charge on any atom is 0.228 e. The SMILES string of the molecule is CC(C)CC(=O)N1CCN(C(=O)[C@H]2CC(=O)N(c3ccccc3)C2)CC1. The molecule has 6 heteroatoms. The van der Waals surface area contributed by atoms with E-state index < -0.39 is 0 Å². The molecule has 0 N–H and O–H groups in total. The molecule has 6 nitrogen and oxygen atoms in total. The normalized spacial score (nSPS) is 20.8. The number of nitrogens with zero attached hydrogens (tertiary/aromatic N) is 3. The Bertz CT molecular complexity index is 666. The van der Waals surface area contributed by atoms with E-state index in [1.807, 2.05) is 54.0 Å². The molecule has 2 aliphatic heterocycles. The molecular formula is C20H27N3O3. The van der Waals surface area contributed by atoms with Crippen LogP contribution in [0.15, 0.2) is 30.3 Å². The molecule has 0 aromatic heterocycles. The summed E-state index contributed by atoms with van der Waals surface area (Å²) in [5, 5.41) is 0. The van der Waals surface area contributed by atoms with E-state index in [2.05, 4.69) is 0 Å². The van der Waals surface area contributed by atoms with Gasteiger partial charge < -0.3 is 14.7 Å². The van der Waals surface area contributed by atoms with Crippen LogP contribution < -0.4 is 4.90 Å². The lowest BCUT2D eigenvalue weighted by atomic mass is 10.1. The van der Waals surface area contributed by atoms with Gasteiger partial charge in [-0.1, -0.05) is 32.0 Å². The molecular weight excluding hydrogens is 330 g/mol. The Morgan fingerprint density at radius 1 is 1.04 bits per heavy atom. The number of amides is 3. The third kappa shape index (κ3) is 4.06. The summed E-state index contributed by atoms with van der Waals surface area (Å²) in [5.74, 6) is 0.252. The molecule has 1 aromatic rings. The minimum atomic E-state index is -0.291. The van der Waals surface area contributed by atoms with Gasteiger partial charge in [-0.3, -0.25) is 14.4 Å². The topological polar surface area (TPSA) is 60.9 Å². The third-order valence-electron chi connectivity index (χ3n) is 5.07. The molecule has 140 valence electrons. The second kappa shape index (κ2) is 7.89. The molecule has 0 radical (unpaired) electrons. The van der Waals surface area contributed by atoms with Crippen LogP contribution in [0.3, 0.4) is 0 Å². The largest absolute Gasteiger partial charge is 0.339 e. The third-order valence-corrected chi connectivity index (χ3v) is 5.07. The average Bonchev–Trinajstić information content (AvgIpc) is 3.03. The summed E-state index contributed by atoms with van der Waals surface area (Å²) in [6.07, 6.45) is 0.817. The molecule has 3 rings (SSSR count). The first-order valence-corrected chi connectivity index (χ1v) is 9.37. The Morgan fingerprint density at radius 2 is 1.65 bits per heavy atom. The Labute approximate surface area is 154 Å². The highest BCUT2D eigenvalue weighted by Gasteiger charge is 2.38. The van der Waals surface area contributed by atoms with E-state index in [1.54, 1.807) is 4.90 Å². The Kier molecular flexibility index (Phi) is 5.59. The first kappa shape index (κ1) is 18.4. The number of rotatable bonds is 4. The molecule has 0 bridgehead atoms. The molecule has 0 saturated carbocycles. The van der Waals surface area contributed by atoms with Crippen LogP contribution in [0, 0.1) is 11.8 Å². The highest BCUT2D eigenvalue weighted by Crippen LogP contribution is 2.26. The van der Waals surface area contributed by atoms with Crippen molar-refractivity contribution >= 4 is 23.4 Å². The lowest BCUT2D eigenvalue weighted by Gasteiger charge is -2.36. The van der Waals surface area contributed by atoms with Crippen molar-refractivity contribution < 1.29 is 14.4 Å². The van der Waals surface area contributed by atoms with Gasteiger partial charge >= 0.3 is 0 Å². The van der Waals surface area contributed by atoms with E-state index in [4.69, 9.17) is 0 Å². The lowest BCUT2D eigenvalue weighted by Crippen LogP contribution is -2.52. The van der Waals surface area contributed by atoms with Crippen molar-refractivity contribution in [3.05, 3.63) is 30.3 Å². The molecule has 2 aliphatic rings.